The Morgan fingerprint density at radius 1 is 1.57 bits per heavy atom. The number of carbonyl (C=O) groups is 1. The van der Waals surface area contributed by atoms with Gasteiger partial charge >= 0.3 is 14.3 Å². The SMILES string of the molecule is COC(C(F)C(O)COP(O)O)n1cc(C=O)c(NO)nc1=O. The lowest BCUT2D eigenvalue weighted by atomic mass is 10.2. The van der Waals surface area contributed by atoms with Gasteiger partial charge in [0.05, 0.1) is 12.2 Å². The fraction of sp³-hybridized carbons (Fsp3) is 0.500. The van der Waals surface area contributed by atoms with Gasteiger partial charge in [-0.2, -0.15) is 4.98 Å². The van der Waals surface area contributed by atoms with Crippen molar-refractivity contribution in [3.8, 4) is 0 Å². The van der Waals surface area contributed by atoms with Gasteiger partial charge in [0.2, 0.25) is 0 Å². The second-order valence-corrected chi connectivity index (χ2v) is 4.91. The Balaban J connectivity index is 3.09. The zero-order valence-corrected chi connectivity index (χ0v) is 12.6. The van der Waals surface area contributed by atoms with Crippen molar-refractivity contribution in [3.63, 3.8) is 0 Å². The maximum atomic E-state index is 14.2. The molecule has 130 valence electrons. The Hall–Kier alpha value is -1.53. The summed E-state index contributed by atoms with van der Waals surface area (Å²) in [5.74, 6) is -0.429. The summed E-state index contributed by atoms with van der Waals surface area (Å²) < 4.78 is 23.9. The van der Waals surface area contributed by atoms with Crippen molar-refractivity contribution in [1.29, 1.82) is 0 Å². The number of nitrogens with one attached hydrogen (secondary N) is 1. The first kappa shape index (κ1) is 19.5. The van der Waals surface area contributed by atoms with E-state index in [1.54, 1.807) is 5.48 Å². The van der Waals surface area contributed by atoms with E-state index in [0.29, 0.717) is 4.57 Å². The maximum Gasteiger partial charge on any atom is 0.351 e. The lowest BCUT2D eigenvalue weighted by Crippen LogP contribution is -2.40. The number of aldehydes is 1. The molecule has 0 aromatic carbocycles. The molecule has 0 amide bonds. The van der Waals surface area contributed by atoms with Crippen LogP contribution in [0.3, 0.4) is 0 Å². The van der Waals surface area contributed by atoms with Gasteiger partial charge in [-0.05, 0) is 0 Å². The first-order valence-electron chi connectivity index (χ1n) is 5.99. The summed E-state index contributed by atoms with van der Waals surface area (Å²) in [4.78, 5) is 43.1. The number of ether oxygens (including phenoxy) is 1. The normalized spacial score (nSPS) is 15.3. The molecule has 1 rings (SSSR count). The van der Waals surface area contributed by atoms with E-state index >= 15 is 0 Å². The van der Waals surface area contributed by atoms with Crippen LogP contribution in [0.2, 0.25) is 0 Å². The van der Waals surface area contributed by atoms with Gasteiger partial charge in [0, 0.05) is 13.3 Å². The smallest absolute Gasteiger partial charge is 0.351 e. The molecule has 0 aliphatic heterocycles. The Labute approximate surface area is 129 Å². The monoisotopic (exact) mass is 355 g/mol. The van der Waals surface area contributed by atoms with Gasteiger partial charge in [-0.3, -0.25) is 20.0 Å². The average molecular weight is 355 g/mol. The molecule has 0 bridgehead atoms. The Morgan fingerprint density at radius 3 is 2.70 bits per heavy atom. The van der Waals surface area contributed by atoms with Crippen LogP contribution in [0, 0.1) is 0 Å². The van der Waals surface area contributed by atoms with Crippen LogP contribution in [-0.4, -0.2) is 61.9 Å². The number of alkyl halides is 1. The third kappa shape index (κ3) is 4.97. The first-order valence-corrected chi connectivity index (χ1v) is 7.16. The summed E-state index contributed by atoms with van der Waals surface area (Å²) in [6, 6.07) is 0. The topological polar surface area (TPSA) is 163 Å². The highest BCUT2D eigenvalue weighted by Gasteiger charge is 2.32. The van der Waals surface area contributed by atoms with Crippen molar-refractivity contribution in [3.05, 3.63) is 22.2 Å². The molecule has 5 N–H and O–H groups in total. The zero-order valence-electron chi connectivity index (χ0n) is 11.7. The fourth-order valence-corrected chi connectivity index (χ4v) is 1.95. The number of hydrogen-bond acceptors (Lipinski definition) is 10. The van der Waals surface area contributed by atoms with Crippen LogP contribution >= 0.6 is 8.60 Å². The third-order valence-corrected chi connectivity index (χ3v) is 3.11. The molecule has 13 heteroatoms. The largest absolute Gasteiger partial charge is 0.387 e. The van der Waals surface area contributed by atoms with Gasteiger partial charge in [0.1, 0.15) is 6.10 Å². The standard InChI is InChI=1S/C10H15FN3O8P/c1-21-9(7(11)6(16)4-22-23(19)20)14-2-5(3-15)8(13-18)12-10(14)17/h2-3,6-7,9,16,18-20H,4H2,1H3,(H,12,13,17). The minimum Gasteiger partial charge on any atom is -0.387 e. The van der Waals surface area contributed by atoms with E-state index in [0.717, 1.165) is 13.3 Å². The summed E-state index contributed by atoms with van der Waals surface area (Å²) in [5.41, 5.74) is 0.212. The highest BCUT2D eigenvalue weighted by atomic mass is 31.2. The van der Waals surface area contributed by atoms with E-state index in [-0.39, 0.29) is 11.8 Å². The molecule has 0 aliphatic carbocycles. The van der Waals surface area contributed by atoms with Crippen LogP contribution in [0.15, 0.2) is 11.0 Å². The van der Waals surface area contributed by atoms with Crippen LogP contribution in [0.5, 0.6) is 0 Å². The molecule has 0 aliphatic rings. The molecule has 1 aromatic heterocycles. The molecule has 0 spiro atoms. The van der Waals surface area contributed by atoms with Crippen molar-refractivity contribution in [1.82, 2.24) is 9.55 Å². The molecule has 0 saturated carbocycles. The predicted molar refractivity (Wildman–Crippen MR) is 73.6 cm³/mol. The van der Waals surface area contributed by atoms with E-state index in [1.165, 1.54) is 0 Å². The number of aromatic nitrogens is 2. The summed E-state index contributed by atoms with van der Waals surface area (Å²) in [7, 11) is -1.74. The van der Waals surface area contributed by atoms with E-state index < -0.39 is 45.2 Å². The minimum atomic E-state index is -2.79. The number of hydrogen-bond donors (Lipinski definition) is 5. The predicted octanol–water partition coefficient (Wildman–Crippen LogP) is -1.07. The van der Waals surface area contributed by atoms with Crippen molar-refractivity contribution < 1.29 is 38.5 Å². The number of halogens is 1. The van der Waals surface area contributed by atoms with Crippen molar-refractivity contribution in [2.75, 3.05) is 19.2 Å². The Morgan fingerprint density at radius 2 is 2.22 bits per heavy atom. The summed E-state index contributed by atoms with van der Waals surface area (Å²) in [6.45, 7) is -0.765. The quantitative estimate of drug-likeness (QED) is 0.209. The van der Waals surface area contributed by atoms with Crippen molar-refractivity contribution in [2.24, 2.45) is 0 Å². The minimum absolute atomic E-state index is 0.256. The fourth-order valence-electron chi connectivity index (χ4n) is 1.66. The molecule has 11 nitrogen and oxygen atoms in total. The second-order valence-electron chi connectivity index (χ2n) is 4.15. The van der Waals surface area contributed by atoms with Gasteiger partial charge in [-0.25, -0.2) is 9.18 Å². The van der Waals surface area contributed by atoms with Gasteiger partial charge in [0.15, 0.2) is 24.5 Å². The van der Waals surface area contributed by atoms with Crippen molar-refractivity contribution in [2.45, 2.75) is 18.5 Å². The summed E-state index contributed by atoms with van der Waals surface area (Å²) in [6.07, 6.45) is -4.62. The lowest BCUT2D eigenvalue weighted by molar-refractivity contribution is -0.0837. The van der Waals surface area contributed by atoms with Crippen molar-refractivity contribution >= 4 is 20.7 Å². The van der Waals surface area contributed by atoms with Crippen LogP contribution in [0.25, 0.3) is 0 Å². The molecule has 3 atom stereocenters. The third-order valence-electron chi connectivity index (χ3n) is 2.73. The number of carbonyl (C=O) groups excluding carboxylic acids is 1. The lowest BCUT2D eigenvalue weighted by Gasteiger charge is -2.25. The second kappa shape index (κ2) is 8.93. The zero-order chi connectivity index (χ0) is 17.6. The van der Waals surface area contributed by atoms with Gasteiger partial charge in [-0.15, -0.1) is 0 Å². The first-order chi connectivity index (χ1) is 10.8. The van der Waals surface area contributed by atoms with Gasteiger partial charge in [0.25, 0.3) is 0 Å². The molecular formula is C10H15FN3O8P. The summed E-state index contributed by atoms with van der Waals surface area (Å²) >= 11 is 0. The maximum absolute atomic E-state index is 14.2. The number of aliphatic hydroxyl groups is 1. The number of anilines is 1. The molecule has 3 unspecified atom stereocenters. The molecular weight excluding hydrogens is 340 g/mol. The van der Waals surface area contributed by atoms with E-state index in [2.05, 4.69) is 9.51 Å². The molecule has 0 fully saturated rings. The number of nitrogens with zero attached hydrogens (tertiary/aromatic N) is 2. The molecule has 23 heavy (non-hydrogen) atoms. The van der Waals surface area contributed by atoms with Crippen LogP contribution in [0.1, 0.15) is 16.6 Å². The van der Waals surface area contributed by atoms with Crippen LogP contribution < -0.4 is 11.2 Å². The Bertz CT molecular complexity index is 586. The highest BCUT2D eigenvalue weighted by molar-refractivity contribution is 7.39. The Kier molecular flexibility index (Phi) is 7.58. The van der Waals surface area contributed by atoms with E-state index in [9.17, 15) is 19.1 Å². The van der Waals surface area contributed by atoms with Crippen LogP contribution in [0.4, 0.5) is 10.2 Å². The molecule has 1 heterocycles. The summed E-state index contributed by atoms with van der Waals surface area (Å²) in [5, 5.41) is 18.4. The molecule has 0 radical (unpaired) electrons. The van der Waals surface area contributed by atoms with Crippen LogP contribution in [-0.2, 0) is 9.26 Å². The van der Waals surface area contributed by atoms with E-state index in [4.69, 9.17) is 19.7 Å². The van der Waals surface area contributed by atoms with E-state index in [1.807, 2.05) is 0 Å². The van der Waals surface area contributed by atoms with Gasteiger partial charge < -0.3 is 24.2 Å². The number of methoxy groups -OCH3 is 1. The average Bonchev–Trinajstić information content (AvgIpc) is 2.53. The number of rotatable bonds is 9. The molecule has 0 saturated heterocycles. The molecule has 1 aromatic rings. The number of aliphatic hydroxyl groups excluding tert-OH is 1. The van der Waals surface area contributed by atoms with Gasteiger partial charge in [-0.1, -0.05) is 0 Å². The highest BCUT2D eigenvalue weighted by Crippen LogP contribution is 2.26.